The van der Waals surface area contributed by atoms with Gasteiger partial charge in [-0.2, -0.15) is 0 Å². The van der Waals surface area contributed by atoms with Gasteiger partial charge in [0.2, 0.25) is 0 Å². The summed E-state index contributed by atoms with van der Waals surface area (Å²) in [6, 6.07) is 5.78. The number of esters is 1. The Morgan fingerprint density at radius 2 is 2.07 bits per heavy atom. The van der Waals surface area contributed by atoms with Crippen LogP contribution < -0.4 is 4.74 Å². The van der Waals surface area contributed by atoms with Crippen LogP contribution in [-0.2, 0) is 4.79 Å². The summed E-state index contributed by atoms with van der Waals surface area (Å²) in [4.78, 5) is 11.4. The zero-order chi connectivity index (χ0) is 10.1. The van der Waals surface area contributed by atoms with Gasteiger partial charge in [-0.15, -0.1) is 0 Å². The van der Waals surface area contributed by atoms with Crippen LogP contribution in [0.2, 0.25) is 0 Å². The third kappa shape index (κ3) is 1.79. The number of hydrogen-bond donors (Lipinski definition) is 0. The highest BCUT2D eigenvalue weighted by atomic mass is 16.5. The first-order valence-electron chi connectivity index (χ1n) is 4.96. The van der Waals surface area contributed by atoms with Gasteiger partial charge in [0.05, 0.1) is 5.92 Å². The summed E-state index contributed by atoms with van der Waals surface area (Å²) in [5.41, 5.74) is 2.22. The van der Waals surface area contributed by atoms with E-state index in [9.17, 15) is 4.79 Å². The molecule has 0 aliphatic heterocycles. The molecule has 2 nitrogen and oxygen atoms in total. The maximum atomic E-state index is 11.4. The van der Waals surface area contributed by atoms with Crippen molar-refractivity contribution >= 4 is 5.97 Å². The minimum absolute atomic E-state index is 0.0706. The van der Waals surface area contributed by atoms with Crippen molar-refractivity contribution in [2.24, 2.45) is 5.92 Å². The van der Waals surface area contributed by atoms with Crippen LogP contribution in [0.4, 0.5) is 0 Å². The SMILES string of the molecule is Cc1cccc(OC(=O)C2CC2)c1C. The molecule has 0 atom stereocenters. The molecule has 1 fully saturated rings. The van der Waals surface area contributed by atoms with Crippen molar-refractivity contribution in [1.82, 2.24) is 0 Å². The first-order valence-corrected chi connectivity index (χ1v) is 4.96. The highest BCUT2D eigenvalue weighted by molar-refractivity contribution is 5.77. The summed E-state index contributed by atoms with van der Waals surface area (Å²) in [5, 5.41) is 0. The van der Waals surface area contributed by atoms with Crippen molar-refractivity contribution in [2.75, 3.05) is 0 Å². The fraction of sp³-hybridized carbons (Fsp3) is 0.417. The zero-order valence-electron chi connectivity index (χ0n) is 8.54. The van der Waals surface area contributed by atoms with Crippen molar-refractivity contribution in [2.45, 2.75) is 26.7 Å². The van der Waals surface area contributed by atoms with E-state index in [0.717, 1.165) is 24.0 Å². The molecule has 14 heavy (non-hydrogen) atoms. The standard InChI is InChI=1S/C12H14O2/c1-8-4-3-5-11(9(8)2)14-12(13)10-6-7-10/h3-5,10H,6-7H2,1-2H3. The highest BCUT2D eigenvalue weighted by Crippen LogP contribution is 2.31. The minimum Gasteiger partial charge on any atom is -0.426 e. The lowest BCUT2D eigenvalue weighted by Gasteiger charge is -2.08. The minimum atomic E-state index is -0.0706. The number of ether oxygens (including phenoxy) is 1. The van der Waals surface area contributed by atoms with Gasteiger partial charge < -0.3 is 4.74 Å². The van der Waals surface area contributed by atoms with Crippen LogP contribution in [0.15, 0.2) is 18.2 Å². The first-order chi connectivity index (χ1) is 6.68. The molecule has 1 aliphatic rings. The fourth-order valence-corrected chi connectivity index (χ4v) is 1.35. The molecule has 0 unspecified atom stereocenters. The number of carbonyl (C=O) groups is 1. The second kappa shape index (κ2) is 3.45. The molecule has 0 heterocycles. The molecule has 0 radical (unpaired) electrons. The largest absolute Gasteiger partial charge is 0.426 e. The summed E-state index contributed by atoms with van der Waals surface area (Å²) in [6.45, 7) is 3.99. The molecule has 1 aromatic carbocycles. The molecule has 0 bridgehead atoms. The van der Waals surface area contributed by atoms with Crippen LogP contribution in [-0.4, -0.2) is 5.97 Å². The van der Waals surface area contributed by atoms with Crippen molar-refractivity contribution in [3.8, 4) is 5.75 Å². The third-order valence-corrected chi connectivity index (χ3v) is 2.68. The van der Waals surface area contributed by atoms with Gasteiger partial charge in [-0.25, -0.2) is 0 Å². The Morgan fingerprint density at radius 1 is 1.36 bits per heavy atom. The lowest BCUT2D eigenvalue weighted by Crippen LogP contribution is -2.10. The Morgan fingerprint density at radius 3 is 2.71 bits per heavy atom. The quantitative estimate of drug-likeness (QED) is 0.529. The van der Waals surface area contributed by atoms with Crippen LogP contribution in [0, 0.1) is 19.8 Å². The van der Waals surface area contributed by atoms with Crippen LogP contribution in [0.25, 0.3) is 0 Å². The fourth-order valence-electron chi connectivity index (χ4n) is 1.35. The summed E-state index contributed by atoms with van der Waals surface area (Å²) >= 11 is 0. The van der Waals surface area contributed by atoms with Gasteiger partial charge in [0.15, 0.2) is 0 Å². The van der Waals surface area contributed by atoms with Gasteiger partial charge in [-0.1, -0.05) is 12.1 Å². The van der Waals surface area contributed by atoms with Crippen molar-refractivity contribution in [3.63, 3.8) is 0 Å². The Kier molecular flexibility index (Phi) is 2.28. The molecule has 0 saturated heterocycles. The molecule has 1 aliphatic carbocycles. The Balaban J connectivity index is 2.15. The molecule has 2 heteroatoms. The number of hydrogen-bond acceptors (Lipinski definition) is 2. The number of carbonyl (C=O) groups excluding carboxylic acids is 1. The molecular weight excluding hydrogens is 176 g/mol. The first kappa shape index (κ1) is 9.25. The van der Waals surface area contributed by atoms with Gasteiger partial charge >= 0.3 is 5.97 Å². The lowest BCUT2D eigenvalue weighted by molar-refractivity contribution is -0.135. The molecule has 0 spiro atoms. The number of aryl methyl sites for hydroxylation is 1. The van der Waals surface area contributed by atoms with Crippen molar-refractivity contribution in [1.29, 1.82) is 0 Å². The number of benzene rings is 1. The van der Waals surface area contributed by atoms with E-state index in [-0.39, 0.29) is 11.9 Å². The average Bonchev–Trinajstić information content (AvgIpc) is 2.95. The molecule has 0 aromatic heterocycles. The van der Waals surface area contributed by atoms with Crippen LogP contribution in [0.3, 0.4) is 0 Å². The molecular formula is C12H14O2. The van der Waals surface area contributed by atoms with Crippen LogP contribution in [0.5, 0.6) is 5.75 Å². The lowest BCUT2D eigenvalue weighted by atomic mass is 10.1. The highest BCUT2D eigenvalue weighted by Gasteiger charge is 2.31. The Bertz CT molecular complexity index is 365. The van der Waals surface area contributed by atoms with Crippen molar-refractivity contribution in [3.05, 3.63) is 29.3 Å². The van der Waals surface area contributed by atoms with E-state index in [2.05, 4.69) is 0 Å². The van der Waals surface area contributed by atoms with E-state index in [1.165, 1.54) is 0 Å². The van der Waals surface area contributed by atoms with E-state index in [0.29, 0.717) is 5.75 Å². The van der Waals surface area contributed by atoms with Crippen LogP contribution in [0.1, 0.15) is 24.0 Å². The predicted octanol–water partition coefficient (Wildman–Crippen LogP) is 2.62. The number of rotatable bonds is 2. The molecule has 1 saturated carbocycles. The second-order valence-electron chi connectivity index (χ2n) is 3.89. The summed E-state index contributed by atoms with van der Waals surface area (Å²) in [6.07, 6.45) is 1.98. The second-order valence-corrected chi connectivity index (χ2v) is 3.89. The Labute approximate surface area is 83.9 Å². The zero-order valence-corrected chi connectivity index (χ0v) is 8.54. The molecule has 0 N–H and O–H groups in total. The van der Waals surface area contributed by atoms with Gasteiger partial charge in [0.25, 0.3) is 0 Å². The molecule has 0 amide bonds. The van der Waals surface area contributed by atoms with E-state index in [1.807, 2.05) is 32.0 Å². The average molecular weight is 190 g/mol. The normalized spacial score (nSPS) is 15.3. The molecule has 74 valence electrons. The summed E-state index contributed by atoms with van der Waals surface area (Å²) in [7, 11) is 0. The summed E-state index contributed by atoms with van der Waals surface area (Å²) in [5.74, 6) is 0.801. The molecule has 1 aromatic rings. The van der Waals surface area contributed by atoms with Gasteiger partial charge in [-0.05, 0) is 43.9 Å². The van der Waals surface area contributed by atoms with Gasteiger partial charge in [0, 0.05) is 0 Å². The Hall–Kier alpha value is -1.31. The van der Waals surface area contributed by atoms with E-state index in [1.54, 1.807) is 0 Å². The van der Waals surface area contributed by atoms with Crippen LogP contribution >= 0.6 is 0 Å². The maximum absolute atomic E-state index is 11.4. The smallest absolute Gasteiger partial charge is 0.314 e. The van der Waals surface area contributed by atoms with E-state index >= 15 is 0 Å². The van der Waals surface area contributed by atoms with Crippen molar-refractivity contribution < 1.29 is 9.53 Å². The monoisotopic (exact) mass is 190 g/mol. The third-order valence-electron chi connectivity index (χ3n) is 2.68. The maximum Gasteiger partial charge on any atom is 0.314 e. The predicted molar refractivity (Wildman–Crippen MR) is 54.3 cm³/mol. The van der Waals surface area contributed by atoms with E-state index < -0.39 is 0 Å². The summed E-state index contributed by atoms with van der Waals surface area (Å²) < 4.78 is 5.31. The van der Waals surface area contributed by atoms with Gasteiger partial charge in [-0.3, -0.25) is 4.79 Å². The molecule has 2 rings (SSSR count). The van der Waals surface area contributed by atoms with Gasteiger partial charge in [0.1, 0.15) is 5.75 Å². The van der Waals surface area contributed by atoms with E-state index in [4.69, 9.17) is 4.74 Å². The topological polar surface area (TPSA) is 26.3 Å².